The van der Waals surface area contributed by atoms with Gasteiger partial charge in [0.05, 0.1) is 11.9 Å². The van der Waals surface area contributed by atoms with Crippen LogP contribution in [-0.4, -0.2) is 47.9 Å². The van der Waals surface area contributed by atoms with Crippen molar-refractivity contribution in [3.63, 3.8) is 0 Å². The summed E-state index contributed by atoms with van der Waals surface area (Å²) >= 11 is 3.43. The minimum Gasteiger partial charge on any atom is -0.355 e. The molecule has 0 saturated carbocycles. The molecule has 0 unspecified atom stereocenters. The highest BCUT2D eigenvalue weighted by molar-refractivity contribution is 9.10. The lowest BCUT2D eigenvalue weighted by atomic mass is 10.2. The standard InChI is InChI=1S/C22H25BrN4O2/c1-16(2)13-21(28)25-19-7-8-20(24-15-19)26-9-4-10-27(12-11-26)22(29)17-5-3-6-18(23)14-17/h3,5-8,13-15H,4,9-12H2,1-2H3,(H,25,28). The Morgan fingerprint density at radius 2 is 1.93 bits per heavy atom. The molecule has 2 heterocycles. The number of carbonyl (C=O) groups is 2. The van der Waals surface area contributed by atoms with Crippen molar-refractivity contribution in [2.24, 2.45) is 0 Å². The lowest BCUT2D eigenvalue weighted by Crippen LogP contribution is -2.35. The van der Waals surface area contributed by atoms with Crippen LogP contribution in [0.2, 0.25) is 0 Å². The number of nitrogens with one attached hydrogen (secondary N) is 1. The van der Waals surface area contributed by atoms with Crippen molar-refractivity contribution < 1.29 is 9.59 Å². The molecule has 1 fully saturated rings. The summed E-state index contributed by atoms with van der Waals surface area (Å²) in [6.45, 7) is 6.68. The van der Waals surface area contributed by atoms with Crippen molar-refractivity contribution in [3.8, 4) is 0 Å². The fourth-order valence-corrected chi connectivity index (χ4v) is 3.64. The first kappa shape index (κ1) is 21.0. The quantitative estimate of drug-likeness (QED) is 0.703. The summed E-state index contributed by atoms with van der Waals surface area (Å²) in [5, 5.41) is 2.81. The maximum atomic E-state index is 12.8. The summed E-state index contributed by atoms with van der Waals surface area (Å²) in [4.78, 5) is 33.2. The molecule has 1 aliphatic heterocycles. The van der Waals surface area contributed by atoms with E-state index in [1.165, 1.54) is 0 Å². The Kier molecular flexibility index (Phi) is 7.04. The molecule has 1 aliphatic rings. The summed E-state index contributed by atoms with van der Waals surface area (Å²) in [5.74, 6) is 0.747. The number of hydrogen-bond donors (Lipinski definition) is 1. The normalized spacial score (nSPS) is 14.2. The van der Waals surface area contributed by atoms with Crippen LogP contribution in [0.25, 0.3) is 0 Å². The van der Waals surface area contributed by atoms with Crippen LogP contribution < -0.4 is 10.2 Å². The van der Waals surface area contributed by atoms with Gasteiger partial charge in [0.2, 0.25) is 5.91 Å². The molecular weight excluding hydrogens is 432 g/mol. The summed E-state index contributed by atoms with van der Waals surface area (Å²) in [7, 11) is 0. The van der Waals surface area contributed by atoms with Gasteiger partial charge in [0.25, 0.3) is 5.91 Å². The highest BCUT2D eigenvalue weighted by Gasteiger charge is 2.21. The number of benzene rings is 1. The molecule has 3 rings (SSSR count). The van der Waals surface area contributed by atoms with Gasteiger partial charge in [-0.25, -0.2) is 4.98 Å². The third-order valence-electron chi connectivity index (χ3n) is 4.61. The van der Waals surface area contributed by atoms with Crippen LogP contribution in [0.15, 0.2) is 58.7 Å². The van der Waals surface area contributed by atoms with E-state index >= 15 is 0 Å². The number of carbonyl (C=O) groups excluding carboxylic acids is 2. The number of aromatic nitrogens is 1. The Bertz CT molecular complexity index is 907. The molecule has 0 spiro atoms. The van der Waals surface area contributed by atoms with E-state index in [1.54, 1.807) is 12.3 Å². The van der Waals surface area contributed by atoms with Gasteiger partial charge in [-0.15, -0.1) is 0 Å². The molecule has 1 aromatic heterocycles. The van der Waals surface area contributed by atoms with E-state index in [1.807, 2.05) is 55.1 Å². The first-order valence-electron chi connectivity index (χ1n) is 9.64. The molecule has 29 heavy (non-hydrogen) atoms. The maximum absolute atomic E-state index is 12.8. The van der Waals surface area contributed by atoms with Crippen molar-refractivity contribution in [3.05, 3.63) is 64.3 Å². The number of nitrogens with zero attached hydrogens (tertiary/aromatic N) is 3. The van der Waals surface area contributed by atoms with Crippen molar-refractivity contribution in [2.75, 3.05) is 36.4 Å². The van der Waals surface area contributed by atoms with E-state index in [0.29, 0.717) is 17.8 Å². The Morgan fingerprint density at radius 1 is 1.10 bits per heavy atom. The number of pyridine rings is 1. The summed E-state index contributed by atoms with van der Waals surface area (Å²) in [5.41, 5.74) is 2.30. The molecule has 1 aromatic carbocycles. The van der Waals surface area contributed by atoms with Gasteiger partial charge in [0, 0.05) is 42.3 Å². The zero-order valence-corrected chi connectivity index (χ0v) is 18.3. The molecule has 2 amide bonds. The minimum atomic E-state index is -0.156. The molecule has 0 aliphatic carbocycles. The molecule has 0 radical (unpaired) electrons. The van der Waals surface area contributed by atoms with Gasteiger partial charge in [-0.1, -0.05) is 27.6 Å². The van der Waals surface area contributed by atoms with Crippen LogP contribution in [0.3, 0.4) is 0 Å². The summed E-state index contributed by atoms with van der Waals surface area (Å²) in [6, 6.07) is 11.3. The molecule has 1 saturated heterocycles. The van der Waals surface area contributed by atoms with E-state index in [-0.39, 0.29) is 11.8 Å². The SMILES string of the molecule is CC(C)=CC(=O)Nc1ccc(N2CCCN(C(=O)c3cccc(Br)c3)CC2)nc1. The zero-order valence-electron chi connectivity index (χ0n) is 16.7. The molecular formula is C22H25BrN4O2. The molecule has 6 nitrogen and oxygen atoms in total. The van der Waals surface area contributed by atoms with E-state index in [0.717, 1.165) is 41.9 Å². The van der Waals surface area contributed by atoms with Gasteiger partial charge in [0.1, 0.15) is 5.82 Å². The van der Waals surface area contributed by atoms with E-state index < -0.39 is 0 Å². The van der Waals surface area contributed by atoms with Gasteiger partial charge in [-0.05, 0) is 50.6 Å². The van der Waals surface area contributed by atoms with Gasteiger partial charge in [0.15, 0.2) is 0 Å². The van der Waals surface area contributed by atoms with Gasteiger partial charge in [-0.3, -0.25) is 9.59 Å². The maximum Gasteiger partial charge on any atom is 0.253 e. The smallest absolute Gasteiger partial charge is 0.253 e. The fraction of sp³-hybridized carbons (Fsp3) is 0.318. The Balaban J connectivity index is 1.61. The molecule has 0 atom stereocenters. The van der Waals surface area contributed by atoms with Gasteiger partial charge in [-0.2, -0.15) is 0 Å². The number of amides is 2. The minimum absolute atomic E-state index is 0.0541. The fourth-order valence-electron chi connectivity index (χ4n) is 3.24. The number of halogens is 1. The lowest BCUT2D eigenvalue weighted by molar-refractivity contribution is -0.111. The number of hydrogen-bond acceptors (Lipinski definition) is 4. The molecule has 2 aromatic rings. The number of allylic oxidation sites excluding steroid dienone is 1. The van der Waals surface area contributed by atoms with E-state index in [9.17, 15) is 9.59 Å². The van der Waals surface area contributed by atoms with Crippen LogP contribution in [0.5, 0.6) is 0 Å². The highest BCUT2D eigenvalue weighted by atomic mass is 79.9. The zero-order chi connectivity index (χ0) is 20.8. The second-order valence-electron chi connectivity index (χ2n) is 7.26. The number of rotatable bonds is 4. The van der Waals surface area contributed by atoms with Crippen molar-refractivity contribution >= 4 is 39.2 Å². The largest absolute Gasteiger partial charge is 0.355 e. The molecule has 7 heteroatoms. The molecule has 152 valence electrons. The first-order valence-corrected chi connectivity index (χ1v) is 10.4. The van der Waals surface area contributed by atoms with E-state index in [2.05, 4.69) is 31.1 Å². The average Bonchev–Trinajstić information content (AvgIpc) is 2.93. The second-order valence-corrected chi connectivity index (χ2v) is 8.17. The predicted molar refractivity (Wildman–Crippen MR) is 119 cm³/mol. The van der Waals surface area contributed by atoms with Crippen LogP contribution in [0.1, 0.15) is 30.6 Å². The van der Waals surface area contributed by atoms with Crippen molar-refractivity contribution in [1.82, 2.24) is 9.88 Å². The molecule has 0 bridgehead atoms. The third kappa shape index (κ3) is 5.90. The van der Waals surface area contributed by atoms with Crippen LogP contribution in [-0.2, 0) is 4.79 Å². The summed E-state index contributed by atoms with van der Waals surface area (Å²) in [6.07, 6.45) is 4.10. The average molecular weight is 457 g/mol. The molecule has 1 N–H and O–H groups in total. The van der Waals surface area contributed by atoms with Crippen molar-refractivity contribution in [1.29, 1.82) is 0 Å². The van der Waals surface area contributed by atoms with Crippen LogP contribution in [0.4, 0.5) is 11.5 Å². The Hall–Kier alpha value is -2.67. The topological polar surface area (TPSA) is 65.5 Å². The van der Waals surface area contributed by atoms with Gasteiger partial charge >= 0.3 is 0 Å². The van der Waals surface area contributed by atoms with Crippen LogP contribution >= 0.6 is 15.9 Å². The summed E-state index contributed by atoms with van der Waals surface area (Å²) < 4.78 is 0.903. The first-order chi connectivity index (χ1) is 13.9. The van der Waals surface area contributed by atoms with Crippen LogP contribution in [0, 0.1) is 0 Å². The lowest BCUT2D eigenvalue weighted by Gasteiger charge is -2.23. The monoisotopic (exact) mass is 456 g/mol. The van der Waals surface area contributed by atoms with Gasteiger partial charge < -0.3 is 15.1 Å². The Labute approximate surface area is 179 Å². The third-order valence-corrected chi connectivity index (χ3v) is 5.11. The van der Waals surface area contributed by atoms with E-state index in [4.69, 9.17) is 0 Å². The van der Waals surface area contributed by atoms with Crippen molar-refractivity contribution in [2.45, 2.75) is 20.3 Å². The Morgan fingerprint density at radius 3 is 2.62 bits per heavy atom. The second kappa shape index (κ2) is 9.69. The predicted octanol–water partition coefficient (Wildman–Crippen LogP) is 4.10. The highest BCUT2D eigenvalue weighted by Crippen LogP contribution is 2.18. The number of anilines is 2.